The Labute approximate surface area is 107 Å². The van der Waals surface area contributed by atoms with E-state index in [-0.39, 0.29) is 24.5 Å². The molecule has 0 radical (unpaired) electrons. The number of alkyl halides is 3. The van der Waals surface area contributed by atoms with Crippen molar-refractivity contribution >= 4 is 5.69 Å². The predicted octanol–water partition coefficient (Wildman–Crippen LogP) is 3.60. The first-order valence-electron chi connectivity index (χ1n) is 5.52. The minimum atomic E-state index is -4.45. The van der Waals surface area contributed by atoms with E-state index >= 15 is 0 Å². The minimum Gasteiger partial charge on any atom is -0.467 e. The Morgan fingerprint density at radius 1 is 1.16 bits per heavy atom. The summed E-state index contributed by atoms with van der Waals surface area (Å²) in [6, 6.07) is 7.02. The molecule has 1 heterocycles. The third-order valence-corrected chi connectivity index (χ3v) is 2.52. The molecule has 0 amide bonds. The van der Waals surface area contributed by atoms with Crippen LogP contribution in [0.5, 0.6) is 0 Å². The molecule has 2 rings (SSSR count). The Hall–Kier alpha value is -1.95. The number of hydrogen-bond donors (Lipinski definition) is 1. The molecule has 0 aliphatic carbocycles. The van der Waals surface area contributed by atoms with Crippen molar-refractivity contribution in [3.8, 4) is 0 Å². The van der Waals surface area contributed by atoms with Crippen LogP contribution in [0.2, 0.25) is 0 Å². The first kappa shape index (κ1) is 13.5. The number of ether oxygens (including phenoxy) is 1. The smallest absolute Gasteiger partial charge is 0.416 e. The van der Waals surface area contributed by atoms with Gasteiger partial charge in [0.25, 0.3) is 0 Å². The van der Waals surface area contributed by atoms with Crippen molar-refractivity contribution in [2.75, 3.05) is 5.73 Å². The second-order valence-electron chi connectivity index (χ2n) is 3.99. The number of anilines is 1. The Morgan fingerprint density at radius 2 is 1.95 bits per heavy atom. The van der Waals surface area contributed by atoms with Crippen molar-refractivity contribution in [1.29, 1.82) is 0 Å². The number of halogens is 3. The van der Waals surface area contributed by atoms with E-state index in [4.69, 9.17) is 14.9 Å². The summed E-state index contributed by atoms with van der Waals surface area (Å²) in [5.41, 5.74) is 4.72. The molecule has 0 bridgehead atoms. The number of nitrogen functional groups attached to an aromatic ring is 1. The second kappa shape index (κ2) is 5.36. The number of furan rings is 1. The first-order valence-corrected chi connectivity index (χ1v) is 5.52. The maximum Gasteiger partial charge on any atom is 0.416 e. The molecule has 0 aliphatic heterocycles. The number of benzene rings is 1. The van der Waals surface area contributed by atoms with Gasteiger partial charge in [0.15, 0.2) is 0 Å². The summed E-state index contributed by atoms with van der Waals surface area (Å²) in [5, 5.41) is 0. The third kappa shape index (κ3) is 3.51. The zero-order valence-corrected chi connectivity index (χ0v) is 9.91. The summed E-state index contributed by atoms with van der Waals surface area (Å²) in [5.74, 6) is 0.559. The Morgan fingerprint density at radius 3 is 2.58 bits per heavy atom. The van der Waals surface area contributed by atoms with Crippen LogP contribution >= 0.6 is 0 Å². The summed E-state index contributed by atoms with van der Waals surface area (Å²) >= 11 is 0. The molecule has 1 aromatic carbocycles. The standard InChI is InChI=1S/C13H12F3NO2/c14-13(15,16)12-6-10(17)4-3-9(12)7-18-8-11-2-1-5-19-11/h1-6H,7-8,17H2. The highest BCUT2D eigenvalue weighted by atomic mass is 19.4. The van der Waals surface area contributed by atoms with Gasteiger partial charge in [-0.05, 0) is 29.8 Å². The molecular formula is C13H12F3NO2. The van der Waals surface area contributed by atoms with E-state index < -0.39 is 11.7 Å². The molecule has 0 aliphatic rings. The van der Waals surface area contributed by atoms with Gasteiger partial charge in [-0.2, -0.15) is 13.2 Å². The molecule has 0 saturated carbocycles. The third-order valence-electron chi connectivity index (χ3n) is 2.52. The summed E-state index contributed by atoms with van der Waals surface area (Å²) in [7, 11) is 0. The molecule has 2 aromatic rings. The summed E-state index contributed by atoms with van der Waals surface area (Å²) in [6.07, 6.45) is -2.97. The van der Waals surface area contributed by atoms with E-state index in [2.05, 4.69) is 0 Å². The average molecular weight is 271 g/mol. The second-order valence-corrected chi connectivity index (χ2v) is 3.99. The predicted molar refractivity (Wildman–Crippen MR) is 63.1 cm³/mol. The fraction of sp³-hybridized carbons (Fsp3) is 0.231. The van der Waals surface area contributed by atoms with Crippen LogP contribution in [0.3, 0.4) is 0 Å². The highest BCUT2D eigenvalue weighted by Crippen LogP contribution is 2.33. The van der Waals surface area contributed by atoms with Gasteiger partial charge < -0.3 is 14.9 Å². The van der Waals surface area contributed by atoms with Crippen molar-refractivity contribution in [2.24, 2.45) is 0 Å². The van der Waals surface area contributed by atoms with E-state index in [0.29, 0.717) is 5.76 Å². The lowest BCUT2D eigenvalue weighted by Gasteiger charge is -2.13. The molecular weight excluding hydrogens is 259 g/mol. The van der Waals surface area contributed by atoms with Gasteiger partial charge in [0.2, 0.25) is 0 Å². The summed E-state index contributed by atoms with van der Waals surface area (Å²) in [6.45, 7) is -0.0372. The molecule has 1 aromatic heterocycles. The van der Waals surface area contributed by atoms with Crippen LogP contribution in [0.15, 0.2) is 41.0 Å². The highest BCUT2D eigenvalue weighted by Gasteiger charge is 2.33. The lowest BCUT2D eigenvalue weighted by Crippen LogP contribution is -2.11. The van der Waals surface area contributed by atoms with Crippen molar-refractivity contribution < 1.29 is 22.3 Å². The summed E-state index contributed by atoms with van der Waals surface area (Å²) < 4.78 is 48.6. The van der Waals surface area contributed by atoms with E-state index in [1.165, 1.54) is 18.4 Å². The van der Waals surface area contributed by atoms with Gasteiger partial charge in [-0.15, -0.1) is 0 Å². The quantitative estimate of drug-likeness (QED) is 0.864. The Bertz CT molecular complexity index is 535. The average Bonchev–Trinajstić information content (AvgIpc) is 2.83. The SMILES string of the molecule is Nc1ccc(COCc2ccco2)c(C(F)(F)F)c1. The molecule has 0 atom stereocenters. The summed E-state index contributed by atoms with van der Waals surface area (Å²) in [4.78, 5) is 0. The normalized spacial score (nSPS) is 11.7. The molecule has 0 fully saturated rings. The number of nitrogens with two attached hydrogens (primary N) is 1. The van der Waals surface area contributed by atoms with Gasteiger partial charge in [0.1, 0.15) is 12.4 Å². The lowest BCUT2D eigenvalue weighted by molar-refractivity contribution is -0.138. The van der Waals surface area contributed by atoms with E-state index in [0.717, 1.165) is 6.07 Å². The molecule has 19 heavy (non-hydrogen) atoms. The molecule has 0 spiro atoms. The van der Waals surface area contributed by atoms with Crippen LogP contribution in [-0.4, -0.2) is 0 Å². The highest BCUT2D eigenvalue weighted by molar-refractivity contribution is 5.45. The van der Waals surface area contributed by atoms with Crippen molar-refractivity contribution in [3.05, 3.63) is 53.5 Å². The van der Waals surface area contributed by atoms with Crippen LogP contribution in [0.25, 0.3) is 0 Å². The fourth-order valence-electron chi connectivity index (χ4n) is 1.64. The van der Waals surface area contributed by atoms with Gasteiger partial charge in [0.05, 0.1) is 18.4 Å². The topological polar surface area (TPSA) is 48.4 Å². The molecule has 0 saturated heterocycles. The van der Waals surface area contributed by atoms with Gasteiger partial charge in [-0.1, -0.05) is 6.07 Å². The minimum absolute atomic E-state index is 0.0493. The zero-order chi connectivity index (χ0) is 13.9. The van der Waals surface area contributed by atoms with Gasteiger partial charge >= 0.3 is 6.18 Å². The van der Waals surface area contributed by atoms with Crippen molar-refractivity contribution in [1.82, 2.24) is 0 Å². The van der Waals surface area contributed by atoms with E-state index in [1.54, 1.807) is 12.1 Å². The van der Waals surface area contributed by atoms with Gasteiger partial charge in [-0.3, -0.25) is 0 Å². The lowest BCUT2D eigenvalue weighted by atomic mass is 10.1. The fourth-order valence-corrected chi connectivity index (χ4v) is 1.64. The monoisotopic (exact) mass is 271 g/mol. The Balaban J connectivity index is 2.07. The van der Waals surface area contributed by atoms with E-state index in [1.807, 2.05) is 0 Å². The number of hydrogen-bond acceptors (Lipinski definition) is 3. The van der Waals surface area contributed by atoms with Crippen molar-refractivity contribution in [3.63, 3.8) is 0 Å². The first-order chi connectivity index (χ1) is 8.97. The molecule has 2 N–H and O–H groups in total. The molecule has 102 valence electrons. The van der Waals surface area contributed by atoms with Crippen LogP contribution in [0, 0.1) is 0 Å². The maximum absolute atomic E-state index is 12.8. The molecule has 6 heteroatoms. The van der Waals surface area contributed by atoms with Crippen LogP contribution in [0.4, 0.5) is 18.9 Å². The maximum atomic E-state index is 12.8. The molecule has 0 unspecified atom stereocenters. The van der Waals surface area contributed by atoms with Crippen molar-refractivity contribution in [2.45, 2.75) is 19.4 Å². The zero-order valence-electron chi connectivity index (χ0n) is 9.91. The molecule has 3 nitrogen and oxygen atoms in total. The van der Waals surface area contributed by atoms with Gasteiger partial charge in [0, 0.05) is 5.69 Å². The van der Waals surface area contributed by atoms with E-state index in [9.17, 15) is 13.2 Å². The van der Waals surface area contributed by atoms with Gasteiger partial charge in [-0.25, -0.2) is 0 Å². The van der Waals surface area contributed by atoms with Crippen LogP contribution < -0.4 is 5.73 Å². The Kier molecular flexibility index (Phi) is 3.80. The van der Waals surface area contributed by atoms with Crippen LogP contribution in [-0.2, 0) is 24.1 Å². The number of rotatable bonds is 4. The van der Waals surface area contributed by atoms with Crippen LogP contribution in [0.1, 0.15) is 16.9 Å². The largest absolute Gasteiger partial charge is 0.467 e.